The predicted molar refractivity (Wildman–Crippen MR) is 130 cm³/mol. The van der Waals surface area contributed by atoms with Crippen LogP contribution in [0.25, 0.3) is 0 Å². The van der Waals surface area contributed by atoms with Gasteiger partial charge in [-0.25, -0.2) is 0 Å². The standard InChI is InChI=1S/C28H24BNO/c1-19-11-10-13-21-27(19)30(24-16-7-4-12-20(24)28(21,2)3)29-22-14-5-8-17-25(22)31-26-18-9-6-15-23(26)29/h4-18H,1-3H3. The zero-order valence-electron chi connectivity index (χ0n) is 18.1. The summed E-state index contributed by atoms with van der Waals surface area (Å²) in [6.45, 7) is 6.95. The molecule has 0 saturated carbocycles. The van der Waals surface area contributed by atoms with Crippen LogP contribution in [0, 0.1) is 6.92 Å². The van der Waals surface area contributed by atoms with Crippen molar-refractivity contribution in [2.24, 2.45) is 0 Å². The number of hydrogen-bond acceptors (Lipinski definition) is 2. The van der Waals surface area contributed by atoms with E-state index >= 15 is 0 Å². The Labute approximate surface area is 184 Å². The zero-order valence-corrected chi connectivity index (χ0v) is 18.1. The van der Waals surface area contributed by atoms with Crippen LogP contribution in [0.3, 0.4) is 0 Å². The van der Waals surface area contributed by atoms with Crippen molar-refractivity contribution in [1.29, 1.82) is 0 Å². The lowest BCUT2D eigenvalue weighted by molar-refractivity contribution is 0.487. The first-order valence-corrected chi connectivity index (χ1v) is 10.9. The van der Waals surface area contributed by atoms with E-state index in [1.807, 2.05) is 0 Å². The Morgan fingerprint density at radius 1 is 0.677 bits per heavy atom. The van der Waals surface area contributed by atoms with Gasteiger partial charge >= 0.3 is 6.85 Å². The second-order valence-electron chi connectivity index (χ2n) is 9.06. The van der Waals surface area contributed by atoms with Gasteiger partial charge in [0.1, 0.15) is 11.5 Å². The molecular weight excluding hydrogens is 377 g/mol. The summed E-state index contributed by atoms with van der Waals surface area (Å²) in [5.74, 6) is 1.87. The van der Waals surface area contributed by atoms with Crippen LogP contribution in [0.1, 0.15) is 30.5 Å². The van der Waals surface area contributed by atoms with Crippen molar-refractivity contribution in [2.45, 2.75) is 26.2 Å². The van der Waals surface area contributed by atoms with E-state index in [9.17, 15) is 0 Å². The molecule has 4 aromatic rings. The molecule has 150 valence electrons. The number of fused-ring (bicyclic) bond motifs is 4. The van der Waals surface area contributed by atoms with Gasteiger partial charge in [-0.3, -0.25) is 0 Å². The first kappa shape index (κ1) is 18.3. The maximum absolute atomic E-state index is 6.32. The molecule has 0 spiro atoms. The minimum absolute atomic E-state index is 0.0400. The van der Waals surface area contributed by atoms with E-state index in [0.29, 0.717) is 0 Å². The summed E-state index contributed by atoms with van der Waals surface area (Å²) in [6, 6.07) is 32.5. The summed E-state index contributed by atoms with van der Waals surface area (Å²) in [5, 5.41) is 0. The number of benzene rings is 4. The van der Waals surface area contributed by atoms with Gasteiger partial charge in [0.05, 0.1) is 0 Å². The van der Waals surface area contributed by atoms with Gasteiger partial charge in [0.15, 0.2) is 0 Å². The quantitative estimate of drug-likeness (QED) is 0.380. The normalized spacial score (nSPS) is 15.3. The van der Waals surface area contributed by atoms with Crippen molar-refractivity contribution in [3.63, 3.8) is 0 Å². The first-order valence-electron chi connectivity index (χ1n) is 10.9. The molecule has 31 heavy (non-hydrogen) atoms. The van der Waals surface area contributed by atoms with Crippen LogP contribution in [-0.4, -0.2) is 6.85 Å². The molecule has 0 fully saturated rings. The molecule has 0 radical (unpaired) electrons. The number of para-hydroxylation sites is 4. The Balaban J connectivity index is 1.71. The van der Waals surface area contributed by atoms with Gasteiger partial charge in [0.25, 0.3) is 0 Å². The monoisotopic (exact) mass is 401 g/mol. The lowest BCUT2D eigenvalue weighted by atomic mass is 9.46. The Bertz CT molecular complexity index is 1280. The van der Waals surface area contributed by atoms with Crippen molar-refractivity contribution in [1.82, 2.24) is 0 Å². The molecule has 0 aliphatic carbocycles. The molecule has 2 nitrogen and oxygen atoms in total. The van der Waals surface area contributed by atoms with E-state index in [4.69, 9.17) is 4.74 Å². The maximum Gasteiger partial charge on any atom is 0.335 e. The summed E-state index contributed by atoms with van der Waals surface area (Å²) < 4.78 is 6.32. The molecule has 2 aliphatic rings. The van der Waals surface area contributed by atoms with Crippen LogP contribution in [-0.2, 0) is 5.41 Å². The van der Waals surface area contributed by atoms with Gasteiger partial charge < -0.3 is 9.55 Å². The molecule has 0 unspecified atom stereocenters. The molecule has 2 aliphatic heterocycles. The Morgan fingerprint density at radius 3 is 1.97 bits per heavy atom. The van der Waals surface area contributed by atoms with Crippen molar-refractivity contribution in [2.75, 3.05) is 4.81 Å². The van der Waals surface area contributed by atoms with Crippen LogP contribution in [0.4, 0.5) is 11.4 Å². The molecule has 6 rings (SSSR count). The first-order chi connectivity index (χ1) is 15.1. The highest BCUT2D eigenvalue weighted by Gasteiger charge is 2.44. The van der Waals surface area contributed by atoms with Gasteiger partial charge in [-0.1, -0.05) is 86.6 Å². The van der Waals surface area contributed by atoms with Crippen LogP contribution in [0.5, 0.6) is 11.5 Å². The van der Waals surface area contributed by atoms with E-state index in [1.165, 1.54) is 39.0 Å². The van der Waals surface area contributed by atoms with Gasteiger partial charge in [-0.05, 0) is 52.7 Å². The predicted octanol–water partition coefficient (Wildman–Crippen LogP) is 5.68. The van der Waals surface area contributed by atoms with E-state index < -0.39 is 0 Å². The number of nitrogens with zero attached hydrogens (tertiary/aromatic N) is 1. The third kappa shape index (κ3) is 2.53. The summed E-state index contributed by atoms with van der Waals surface area (Å²) in [4.78, 5) is 2.55. The van der Waals surface area contributed by atoms with Crippen molar-refractivity contribution < 1.29 is 4.74 Å². The second-order valence-corrected chi connectivity index (χ2v) is 9.06. The summed E-state index contributed by atoms with van der Waals surface area (Å²) in [6.07, 6.45) is 0. The number of rotatable bonds is 1. The van der Waals surface area contributed by atoms with Crippen molar-refractivity contribution >= 4 is 29.1 Å². The highest BCUT2D eigenvalue weighted by atomic mass is 16.5. The molecule has 0 saturated heterocycles. The van der Waals surface area contributed by atoms with Gasteiger partial charge in [0.2, 0.25) is 0 Å². The Morgan fingerprint density at radius 2 is 1.26 bits per heavy atom. The van der Waals surface area contributed by atoms with Crippen molar-refractivity contribution in [3.8, 4) is 11.5 Å². The number of hydrogen-bond donors (Lipinski definition) is 0. The van der Waals surface area contributed by atoms with Gasteiger partial charge in [-0.2, -0.15) is 0 Å². The van der Waals surface area contributed by atoms with Gasteiger partial charge in [-0.15, -0.1) is 0 Å². The summed E-state index contributed by atoms with van der Waals surface area (Å²) >= 11 is 0. The molecule has 0 N–H and O–H groups in total. The fourth-order valence-electron chi connectivity index (χ4n) is 5.39. The largest absolute Gasteiger partial charge is 0.458 e. The van der Waals surface area contributed by atoms with Gasteiger partial charge in [0, 0.05) is 16.8 Å². The number of ether oxygens (including phenoxy) is 1. The summed E-state index contributed by atoms with van der Waals surface area (Å²) in [7, 11) is 0. The van der Waals surface area contributed by atoms with Crippen LogP contribution in [0.2, 0.25) is 0 Å². The van der Waals surface area contributed by atoms with E-state index in [2.05, 4.69) is 117 Å². The SMILES string of the molecule is Cc1cccc2c1N(B1c3ccccc3Oc3ccccc31)c1ccccc1C2(C)C. The molecule has 2 heterocycles. The van der Waals surface area contributed by atoms with Crippen LogP contribution < -0.4 is 20.5 Å². The second kappa shape index (κ2) is 6.52. The van der Waals surface area contributed by atoms with E-state index in [0.717, 1.165) is 11.5 Å². The lowest BCUT2D eigenvalue weighted by Crippen LogP contribution is -2.59. The fourth-order valence-corrected chi connectivity index (χ4v) is 5.39. The zero-order chi connectivity index (χ0) is 21.2. The lowest BCUT2D eigenvalue weighted by Gasteiger charge is -2.46. The molecule has 3 heteroatoms. The molecule has 0 amide bonds. The average Bonchev–Trinajstić information content (AvgIpc) is 2.79. The molecule has 4 aromatic carbocycles. The Hall–Kier alpha value is -3.46. The number of anilines is 2. The topological polar surface area (TPSA) is 12.5 Å². The van der Waals surface area contributed by atoms with E-state index in [-0.39, 0.29) is 12.3 Å². The number of aryl methyl sites for hydroxylation is 1. The minimum atomic E-state index is -0.0708. The van der Waals surface area contributed by atoms with Crippen molar-refractivity contribution in [3.05, 3.63) is 108 Å². The van der Waals surface area contributed by atoms with E-state index in [1.54, 1.807) is 0 Å². The summed E-state index contributed by atoms with van der Waals surface area (Å²) in [5.41, 5.74) is 8.92. The smallest absolute Gasteiger partial charge is 0.335 e. The third-order valence-electron chi connectivity index (χ3n) is 6.89. The Kier molecular flexibility index (Phi) is 3.85. The third-order valence-corrected chi connectivity index (χ3v) is 6.89. The van der Waals surface area contributed by atoms with Crippen LogP contribution in [0.15, 0.2) is 91.0 Å². The molecule has 0 bridgehead atoms. The molecule has 0 aromatic heterocycles. The minimum Gasteiger partial charge on any atom is -0.458 e. The van der Waals surface area contributed by atoms with Crippen LogP contribution >= 0.6 is 0 Å². The fraction of sp³-hybridized carbons (Fsp3) is 0.143. The average molecular weight is 401 g/mol. The highest BCUT2D eigenvalue weighted by molar-refractivity contribution is 6.90. The molecular formula is C28H24BNO. The highest BCUT2D eigenvalue weighted by Crippen LogP contribution is 2.50. The molecule has 0 atom stereocenters. The maximum atomic E-state index is 6.32.